The van der Waals surface area contributed by atoms with Crippen LogP contribution >= 0.6 is 35.7 Å². The standard InChI is InChI=1S/C15H31N3O2S.HI/c1-4-16-14(17-10-7-11-20-5-2)18-12-15(19)9-8-13(15)21-6-3;/h13,19H,4-12H2,1-3H3,(H2,16,17,18);1H. The van der Waals surface area contributed by atoms with E-state index in [-0.39, 0.29) is 24.0 Å². The molecule has 1 rings (SSSR count). The van der Waals surface area contributed by atoms with E-state index in [0.29, 0.717) is 11.8 Å². The third-order valence-electron chi connectivity index (χ3n) is 3.62. The topological polar surface area (TPSA) is 65.9 Å². The predicted octanol–water partition coefficient (Wildman–Crippen LogP) is 2.23. The van der Waals surface area contributed by atoms with Gasteiger partial charge in [0.25, 0.3) is 0 Å². The number of rotatable bonds is 10. The second-order valence-corrected chi connectivity index (χ2v) is 6.74. The van der Waals surface area contributed by atoms with Crippen LogP contribution in [-0.4, -0.2) is 60.5 Å². The number of hydrogen-bond donors (Lipinski definition) is 3. The molecule has 0 heterocycles. The minimum absolute atomic E-state index is 0. The zero-order chi connectivity index (χ0) is 15.6. The summed E-state index contributed by atoms with van der Waals surface area (Å²) in [6.45, 7) is 9.84. The lowest BCUT2D eigenvalue weighted by Crippen LogP contribution is -2.53. The fourth-order valence-corrected chi connectivity index (χ4v) is 3.49. The van der Waals surface area contributed by atoms with Crippen molar-refractivity contribution in [2.24, 2.45) is 4.99 Å². The molecule has 5 nitrogen and oxygen atoms in total. The molecule has 7 heteroatoms. The average molecular weight is 445 g/mol. The quantitative estimate of drug-likeness (QED) is 0.208. The first-order chi connectivity index (χ1) is 10.2. The Morgan fingerprint density at radius 1 is 1.36 bits per heavy atom. The van der Waals surface area contributed by atoms with E-state index in [9.17, 15) is 5.11 Å². The Labute approximate surface area is 156 Å². The summed E-state index contributed by atoms with van der Waals surface area (Å²) in [5.41, 5.74) is -0.617. The fourth-order valence-electron chi connectivity index (χ4n) is 2.30. The Bertz CT molecular complexity index is 321. The zero-order valence-electron chi connectivity index (χ0n) is 14.1. The fraction of sp³-hybridized carbons (Fsp3) is 0.933. The van der Waals surface area contributed by atoms with Gasteiger partial charge in [-0.3, -0.25) is 4.99 Å². The number of nitrogens with one attached hydrogen (secondary N) is 2. The Morgan fingerprint density at radius 3 is 2.68 bits per heavy atom. The summed E-state index contributed by atoms with van der Waals surface area (Å²) < 4.78 is 5.31. The molecule has 2 unspecified atom stereocenters. The van der Waals surface area contributed by atoms with E-state index < -0.39 is 5.60 Å². The van der Waals surface area contributed by atoms with Crippen LogP contribution < -0.4 is 10.6 Å². The van der Waals surface area contributed by atoms with Crippen molar-refractivity contribution in [2.75, 3.05) is 38.6 Å². The van der Waals surface area contributed by atoms with Gasteiger partial charge in [-0.05, 0) is 38.9 Å². The van der Waals surface area contributed by atoms with E-state index in [1.807, 2.05) is 25.6 Å². The third kappa shape index (κ3) is 7.70. The minimum Gasteiger partial charge on any atom is -0.387 e. The zero-order valence-corrected chi connectivity index (χ0v) is 17.2. The molecule has 0 aromatic heterocycles. The molecular formula is C15H32IN3O2S. The van der Waals surface area contributed by atoms with Crippen LogP contribution in [0.2, 0.25) is 0 Å². The van der Waals surface area contributed by atoms with Gasteiger partial charge in [-0.25, -0.2) is 0 Å². The maximum absolute atomic E-state index is 10.6. The largest absolute Gasteiger partial charge is 0.387 e. The van der Waals surface area contributed by atoms with Crippen LogP contribution in [0, 0.1) is 0 Å². The number of hydrogen-bond acceptors (Lipinski definition) is 4. The first-order valence-electron chi connectivity index (χ1n) is 8.10. The van der Waals surface area contributed by atoms with Crippen molar-refractivity contribution in [2.45, 2.75) is 50.9 Å². The van der Waals surface area contributed by atoms with Gasteiger partial charge in [-0.2, -0.15) is 11.8 Å². The van der Waals surface area contributed by atoms with Crippen molar-refractivity contribution in [1.29, 1.82) is 0 Å². The van der Waals surface area contributed by atoms with Crippen LogP contribution in [0.5, 0.6) is 0 Å². The van der Waals surface area contributed by atoms with Gasteiger partial charge >= 0.3 is 0 Å². The SMILES string of the molecule is CCNC(=NCC1(O)CCC1SCC)NCCCOCC.I. The van der Waals surface area contributed by atoms with E-state index >= 15 is 0 Å². The molecule has 2 atom stereocenters. The predicted molar refractivity (Wildman–Crippen MR) is 107 cm³/mol. The van der Waals surface area contributed by atoms with Crippen molar-refractivity contribution >= 4 is 41.7 Å². The van der Waals surface area contributed by atoms with Gasteiger partial charge in [0, 0.05) is 31.6 Å². The molecule has 1 saturated carbocycles. The van der Waals surface area contributed by atoms with Gasteiger partial charge in [0.2, 0.25) is 0 Å². The Hall–Kier alpha value is 0.270. The van der Waals surface area contributed by atoms with Gasteiger partial charge in [0.15, 0.2) is 5.96 Å². The number of nitrogens with zero attached hydrogens (tertiary/aromatic N) is 1. The van der Waals surface area contributed by atoms with E-state index in [4.69, 9.17) is 4.74 Å². The summed E-state index contributed by atoms with van der Waals surface area (Å²) in [5, 5.41) is 17.4. The molecule has 1 aliphatic rings. The molecule has 3 N–H and O–H groups in total. The van der Waals surface area contributed by atoms with Gasteiger partial charge in [0.1, 0.15) is 0 Å². The second-order valence-electron chi connectivity index (χ2n) is 5.26. The average Bonchev–Trinajstić information content (AvgIpc) is 2.48. The van der Waals surface area contributed by atoms with Crippen LogP contribution in [0.4, 0.5) is 0 Å². The van der Waals surface area contributed by atoms with E-state index in [2.05, 4.69) is 22.5 Å². The lowest BCUT2D eigenvalue weighted by Gasteiger charge is -2.44. The van der Waals surface area contributed by atoms with Gasteiger partial charge in [-0.15, -0.1) is 24.0 Å². The van der Waals surface area contributed by atoms with Crippen LogP contribution in [-0.2, 0) is 4.74 Å². The maximum Gasteiger partial charge on any atom is 0.191 e. The summed E-state index contributed by atoms with van der Waals surface area (Å²) in [7, 11) is 0. The Morgan fingerprint density at radius 2 is 2.14 bits per heavy atom. The van der Waals surface area contributed by atoms with Crippen LogP contribution in [0.25, 0.3) is 0 Å². The molecule has 0 saturated heterocycles. The summed E-state index contributed by atoms with van der Waals surface area (Å²) >= 11 is 1.84. The van der Waals surface area contributed by atoms with Gasteiger partial charge in [0.05, 0.1) is 12.1 Å². The second kappa shape index (κ2) is 12.7. The normalized spacial score (nSPS) is 24.4. The highest BCUT2D eigenvalue weighted by molar-refractivity contribution is 14.0. The van der Waals surface area contributed by atoms with Crippen molar-refractivity contribution in [1.82, 2.24) is 10.6 Å². The van der Waals surface area contributed by atoms with Crippen molar-refractivity contribution in [3.8, 4) is 0 Å². The van der Waals surface area contributed by atoms with Crippen LogP contribution in [0.15, 0.2) is 4.99 Å². The molecule has 1 aliphatic carbocycles. The number of aliphatic hydroxyl groups is 1. The summed E-state index contributed by atoms with van der Waals surface area (Å²) in [6.07, 6.45) is 2.91. The third-order valence-corrected chi connectivity index (χ3v) is 5.03. The number of guanidine groups is 1. The highest BCUT2D eigenvalue weighted by Gasteiger charge is 2.45. The van der Waals surface area contributed by atoms with Crippen molar-refractivity contribution in [3.05, 3.63) is 0 Å². The van der Waals surface area contributed by atoms with Crippen LogP contribution in [0.1, 0.15) is 40.0 Å². The van der Waals surface area contributed by atoms with Gasteiger partial charge < -0.3 is 20.5 Å². The van der Waals surface area contributed by atoms with Gasteiger partial charge in [-0.1, -0.05) is 6.92 Å². The lowest BCUT2D eigenvalue weighted by molar-refractivity contribution is -0.0154. The summed E-state index contributed by atoms with van der Waals surface area (Å²) in [4.78, 5) is 4.55. The molecular weight excluding hydrogens is 413 g/mol. The molecule has 0 bridgehead atoms. The number of ether oxygens (including phenoxy) is 1. The molecule has 22 heavy (non-hydrogen) atoms. The molecule has 0 spiro atoms. The van der Waals surface area contributed by atoms with E-state index in [1.165, 1.54) is 0 Å². The monoisotopic (exact) mass is 445 g/mol. The number of halogens is 1. The Balaban J connectivity index is 0.00000441. The molecule has 0 aliphatic heterocycles. The molecule has 0 amide bonds. The molecule has 1 fully saturated rings. The van der Waals surface area contributed by atoms with Crippen molar-refractivity contribution < 1.29 is 9.84 Å². The van der Waals surface area contributed by atoms with Crippen LogP contribution in [0.3, 0.4) is 0 Å². The first kappa shape index (κ1) is 22.3. The summed E-state index contributed by atoms with van der Waals surface area (Å²) in [5.74, 6) is 1.83. The number of thioether (sulfide) groups is 1. The Kier molecular flexibility index (Phi) is 12.8. The molecule has 0 aromatic carbocycles. The highest BCUT2D eigenvalue weighted by Crippen LogP contribution is 2.41. The number of aliphatic imine (C=N–C) groups is 1. The summed E-state index contributed by atoms with van der Waals surface area (Å²) in [6, 6.07) is 0. The smallest absolute Gasteiger partial charge is 0.191 e. The first-order valence-corrected chi connectivity index (χ1v) is 9.15. The maximum atomic E-state index is 10.6. The lowest BCUT2D eigenvalue weighted by atomic mass is 9.79. The van der Waals surface area contributed by atoms with Crippen molar-refractivity contribution in [3.63, 3.8) is 0 Å². The molecule has 0 aromatic rings. The van der Waals surface area contributed by atoms with E-state index in [0.717, 1.165) is 57.3 Å². The van der Waals surface area contributed by atoms with E-state index in [1.54, 1.807) is 0 Å². The molecule has 132 valence electrons. The molecule has 0 radical (unpaired) electrons. The highest BCUT2D eigenvalue weighted by atomic mass is 127. The minimum atomic E-state index is -0.617.